The SMILES string of the molecule is COc1csc(C(=O)NCc2cc(C(=O)O)c(C)o2)c1. The topological polar surface area (TPSA) is 88.8 Å². The van der Waals surface area contributed by atoms with Crippen LogP contribution in [0, 0.1) is 6.92 Å². The van der Waals surface area contributed by atoms with Crippen LogP contribution in [0.4, 0.5) is 0 Å². The minimum absolute atomic E-state index is 0.104. The highest BCUT2D eigenvalue weighted by Crippen LogP contribution is 2.21. The van der Waals surface area contributed by atoms with Gasteiger partial charge in [-0.3, -0.25) is 4.79 Å². The van der Waals surface area contributed by atoms with Gasteiger partial charge in [0, 0.05) is 11.4 Å². The largest absolute Gasteiger partial charge is 0.496 e. The number of carboxylic acid groups (broad SMARTS) is 1. The second kappa shape index (κ2) is 5.79. The van der Waals surface area contributed by atoms with Gasteiger partial charge in [0.2, 0.25) is 0 Å². The molecule has 1 amide bonds. The molecule has 6 nitrogen and oxygen atoms in total. The van der Waals surface area contributed by atoms with Gasteiger partial charge >= 0.3 is 5.97 Å². The molecule has 20 heavy (non-hydrogen) atoms. The molecular weight excluding hydrogens is 282 g/mol. The van der Waals surface area contributed by atoms with E-state index in [2.05, 4.69) is 5.32 Å². The molecule has 0 saturated heterocycles. The lowest BCUT2D eigenvalue weighted by atomic mass is 10.2. The quantitative estimate of drug-likeness (QED) is 0.883. The molecular formula is C13H13NO5S. The molecule has 106 valence electrons. The van der Waals surface area contributed by atoms with Crippen LogP contribution in [0.25, 0.3) is 0 Å². The average molecular weight is 295 g/mol. The third-order valence-electron chi connectivity index (χ3n) is 2.66. The Morgan fingerprint density at radius 3 is 2.75 bits per heavy atom. The lowest BCUT2D eigenvalue weighted by molar-refractivity contribution is 0.0694. The molecule has 0 aliphatic rings. The molecule has 2 rings (SSSR count). The highest BCUT2D eigenvalue weighted by molar-refractivity contribution is 7.12. The van der Waals surface area contributed by atoms with Gasteiger partial charge in [0.1, 0.15) is 22.8 Å². The third-order valence-corrected chi connectivity index (χ3v) is 3.56. The van der Waals surface area contributed by atoms with Crippen molar-refractivity contribution in [3.05, 3.63) is 39.5 Å². The number of carboxylic acids is 1. The number of hydrogen-bond acceptors (Lipinski definition) is 5. The van der Waals surface area contributed by atoms with E-state index in [1.807, 2.05) is 0 Å². The van der Waals surface area contributed by atoms with E-state index < -0.39 is 5.97 Å². The van der Waals surface area contributed by atoms with Gasteiger partial charge < -0.3 is 19.6 Å². The molecule has 0 aromatic carbocycles. The van der Waals surface area contributed by atoms with Crippen LogP contribution in [0.3, 0.4) is 0 Å². The molecule has 0 radical (unpaired) electrons. The van der Waals surface area contributed by atoms with Crippen LogP contribution in [0.15, 0.2) is 21.9 Å². The fourth-order valence-electron chi connectivity index (χ4n) is 1.64. The molecule has 2 heterocycles. The van der Waals surface area contributed by atoms with E-state index >= 15 is 0 Å². The Kier molecular flexibility index (Phi) is 4.09. The summed E-state index contributed by atoms with van der Waals surface area (Å²) in [7, 11) is 1.53. The number of hydrogen-bond donors (Lipinski definition) is 2. The van der Waals surface area contributed by atoms with Crippen molar-refractivity contribution in [2.75, 3.05) is 7.11 Å². The van der Waals surface area contributed by atoms with Gasteiger partial charge in [-0.25, -0.2) is 4.79 Å². The number of thiophene rings is 1. The first kappa shape index (κ1) is 14.1. The maximum atomic E-state index is 11.9. The number of ether oxygens (including phenoxy) is 1. The fraction of sp³-hybridized carbons (Fsp3) is 0.231. The first-order valence-electron chi connectivity index (χ1n) is 5.74. The van der Waals surface area contributed by atoms with Gasteiger partial charge in [-0.2, -0.15) is 0 Å². The normalized spacial score (nSPS) is 10.3. The van der Waals surface area contributed by atoms with Gasteiger partial charge in [0.25, 0.3) is 5.91 Å². The third kappa shape index (κ3) is 3.00. The maximum Gasteiger partial charge on any atom is 0.339 e. The number of methoxy groups -OCH3 is 1. The first-order chi connectivity index (χ1) is 9.51. The summed E-state index contributed by atoms with van der Waals surface area (Å²) in [5.41, 5.74) is 0.104. The zero-order valence-corrected chi connectivity index (χ0v) is 11.7. The lowest BCUT2D eigenvalue weighted by Crippen LogP contribution is -2.21. The van der Waals surface area contributed by atoms with E-state index in [9.17, 15) is 9.59 Å². The molecule has 7 heteroatoms. The van der Waals surface area contributed by atoms with E-state index in [1.54, 1.807) is 18.4 Å². The summed E-state index contributed by atoms with van der Waals surface area (Å²) in [6.45, 7) is 1.70. The minimum atomic E-state index is -1.05. The van der Waals surface area contributed by atoms with Gasteiger partial charge in [-0.05, 0) is 13.0 Å². The van der Waals surface area contributed by atoms with E-state index in [1.165, 1.54) is 24.5 Å². The van der Waals surface area contributed by atoms with Crippen molar-refractivity contribution in [3.8, 4) is 5.75 Å². The van der Waals surface area contributed by atoms with E-state index in [0.717, 1.165) is 0 Å². The zero-order valence-electron chi connectivity index (χ0n) is 10.9. The smallest absolute Gasteiger partial charge is 0.339 e. The Bertz CT molecular complexity index is 643. The number of carbonyl (C=O) groups is 2. The first-order valence-corrected chi connectivity index (χ1v) is 6.62. The molecule has 0 aliphatic heterocycles. The Labute approximate surface area is 119 Å². The van der Waals surface area contributed by atoms with Gasteiger partial charge in [-0.1, -0.05) is 0 Å². The highest BCUT2D eigenvalue weighted by atomic mass is 32.1. The number of rotatable bonds is 5. The monoisotopic (exact) mass is 295 g/mol. The maximum absolute atomic E-state index is 11.9. The predicted molar refractivity (Wildman–Crippen MR) is 72.4 cm³/mol. The molecule has 2 N–H and O–H groups in total. The van der Waals surface area contributed by atoms with Gasteiger partial charge in [-0.15, -0.1) is 11.3 Å². The van der Waals surface area contributed by atoms with Crippen LogP contribution in [-0.4, -0.2) is 24.1 Å². The van der Waals surface area contributed by atoms with Crippen molar-refractivity contribution in [1.29, 1.82) is 0 Å². The van der Waals surface area contributed by atoms with Crippen molar-refractivity contribution < 1.29 is 23.8 Å². The number of carbonyl (C=O) groups excluding carboxylic acids is 1. The second-order valence-electron chi connectivity index (χ2n) is 4.02. The van der Waals surface area contributed by atoms with Crippen LogP contribution >= 0.6 is 11.3 Å². The summed E-state index contributed by atoms with van der Waals surface area (Å²) in [5, 5.41) is 13.3. The van der Waals surface area contributed by atoms with E-state index in [4.69, 9.17) is 14.3 Å². The summed E-state index contributed by atoms with van der Waals surface area (Å²) < 4.78 is 10.3. The molecule has 0 bridgehead atoms. The number of nitrogens with one attached hydrogen (secondary N) is 1. The minimum Gasteiger partial charge on any atom is -0.496 e. The Morgan fingerprint density at radius 2 is 2.20 bits per heavy atom. The highest BCUT2D eigenvalue weighted by Gasteiger charge is 2.15. The van der Waals surface area contributed by atoms with Crippen molar-refractivity contribution in [2.45, 2.75) is 13.5 Å². The van der Waals surface area contributed by atoms with E-state index in [-0.39, 0.29) is 18.0 Å². The fourth-order valence-corrected chi connectivity index (χ4v) is 2.41. The number of aryl methyl sites for hydroxylation is 1. The molecule has 0 saturated carbocycles. The second-order valence-corrected chi connectivity index (χ2v) is 4.93. The van der Waals surface area contributed by atoms with Crippen LogP contribution in [0.5, 0.6) is 5.75 Å². The number of furan rings is 1. The summed E-state index contributed by atoms with van der Waals surface area (Å²) in [6, 6.07) is 3.04. The average Bonchev–Trinajstić information content (AvgIpc) is 3.02. The van der Waals surface area contributed by atoms with Crippen LogP contribution in [0.1, 0.15) is 31.6 Å². The van der Waals surface area contributed by atoms with Crippen LogP contribution in [0.2, 0.25) is 0 Å². The number of aromatic carboxylic acids is 1. The Balaban J connectivity index is 1.99. The lowest BCUT2D eigenvalue weighted by Gasteiger charge is -2.00. The number of amides is 1. The van der Waals surface area contributed by atoms with Crippen molar-refractivity contribution in [1.82, 2.24) is 5.32 Å². The molecule has 0 aliphatic carbocycles. The van der Waals surface area contributed by atoms with Crippen molar-refractivity contribution in [2.24, 2.45) is 0 Å². The Morgan fingerprint density at radius 1 is 1.45 bits per heavy atom. The summed E-state index contributed by atoms with van der Waals surface area (Å²) in [5.74, 6) is 0.0366. The van der Waals surface area contributed by atoms with Crippen LogP contribution < -0.4 is 10.1 Å². The van der Waals surface area contributed by atoms with E-state index in [0.29, 0.717) is 22.1 Å². The summed E-state index contributed by atoms with van der Waals surface area (Å²) in [4.78, 5) is 23.2. The molecule has 0 unspecified atom stereocenters. The molecule has 2 aromatic heterocycles. The van der Waals surface area contributed by atoms with Crippen LogP contribution in [-0.2, 0) is 6.54 Å². The molecule has 2 aromatic rings. The summed E-state index contributed by atoms with van der Waals surface area (Å²) >= 11 is 1.27. The summed E-state index contributed by atoms with van der Waals surface area (Å²) in [6.07, 6.45) is 0. The van der Waals surface area contributed by atoms with Crippen molar-refractivity contribution >= 4 is 23.2 Å². The standard InChI is InChI=1S/C13H13NO5S/c1-7-10(13(16)17)3-8(19-7)5-14-12(15)11-4-9(18-2)6-20-11/h3-4,6H,5H2,1-2H3,(H,14,15)(H,16,17). The van der Waals surface area contributed by atoms with Crippen molar-refractivity contribution in [3.63, 3.8) is 0 Å². The predicted octanol–water partition coefficient (Wildman–Crippen LogP) is 2.29. The molecule has 0 atom stereocenters. The van der Waals surface area contributed by atoms with Gasteiger partial charge in [0.05, 0.1) is 18.5 Å². The molecule has 0 fully saturated rings. The zero-order chi connectivity index (χ0) is 14.7. The molecule has 0 spiro atoms. The Hall–Kier alpha value is -2.28. The van der Waals surface area contributed by atoms with Gasteiger partial charge in [0.15, 0.2) is 0 Å².